The Morgan fingerprint density at radius 3 is 1.85 bits per heavy atom. The van der Waals surface area contributed by atoms with Crippen LogP contribution >= 0.6 is 0 Å². The van der Waals surface area contributed by atoms with Crippen LogP contribution in [0.25, 0.3) is 0 Å². The average molecular weight is 1050 g/mol. The molecule has 0 bridgehead atoms. The van der Waals surface area contributed by atoms with Crippen molar-refractivity contribution in [1.29, 1.82) is 0 Å². The smallest absolute Gasteiger partial charge is 0.187 e. The van der Waals surface area contributed by atoms with Crippen molar-refractivity contribution < 1.29 is 114 Å². The lowest BCUT2D eigenvalue weighted by atomic mass is 9.44. The molecule has 4 aliphatic carbocycles. The van der Waals surface area contributed by atoms with Crippen molar-refractivity contribution in [3.63, 3.8) is 0 Å². The lowest BCUT2D eigenvalue weighted by Crippen LogP contribution is -2.68. The summed E-state index contributed by atoms with van der Waals surface area (Å²) in [7, 11) is 0. The normalized spacial score (nSPS) is 58.2. The quantitative estimate of drug-likeness (QED) is 0.0902. The van der Waals surface area contributed by atoms with E-state index in [0.717, 1.165) is 51.6 Å². The maximum Gasteiger partial charge on any atom is 0.187 e. The summed E-state index contributed by atoms with van der Waals surface area (Å²) < 4.78 is 61.1. The number of hydrogen-bond donors (Lipinski definition) is 13. The van der Waals surface area contributed by atoms with Gasteiger partial charge >= 0.3 is 0 Å². The summed E-state index contributed by atoms with van der Waals surface area (Å²) in [6.07, 6.45) is -27.2. The van der Waals surface area contributed by atoms with Crippen LogP contribution in [0.1, 0.15) is 85.5 Å². The van der Waals surface area contributed by atoms with E-state index in [1.807, 2.05) is 0 Å². The fourth-order valence-electron chi connectivity index (χ4n) is 15.9. The fourth-order valence-corrected chi connectivity index (χ4v) is 15.9. The molecule has 6 aliphatic heterocycles. The zero-order valence-electron chi connectivity index (χ0n) is 42.0. The van der Waals surface area contributed by atoms with Gasteiger partial charge < -0.3 is 114 Å². The monoisotopic (exact) mass is 1050 g/mol. The lowest BCUT2D eigenvalue weighted by Gasteiger charge is -2.62. The number of rotatable bonds is 11. The molecule has 4 saturated carbocycles. The summed E-state index contributed by atoms with van der Waals surface area (Å²) in [6.45, 7) is 7.02. The minimum Gasteiger partial charge on any atom is -0.394 e. The predicted octanol–water partition coefficient (Wildman–Crippen LogP) is -3.30. The van der Waals surface area contributed by atoms with Gasteiger partial charge in [0.25, 0.3) is 0 Å². The van der Waals surface area contributed by atoms with Crippen LogP contribution in [0, 0.1) is 52.3 Å². The molecule has 10 aliphatic rings. The lowest BCUT2D eigenvalue weighted by molar-refractivity contribution is -0.404. The second-order valence-electron chi connectivity index (χ2n) is 24.0. The van der Waals surface area contributed by atoms with E-state index in [-0.39, 0.29) is 22.9 Å². The summed E-state index contributed by atoms with van der Waals surface area (Å²) in [5, 5.41) is 141. The highest BCUT2D eigenvalue weighted by atomic mass is 16.8. The molecule has 0 aromatic carbocycles. The van der Waals surface area contributed by atoms with E-state index in [2.05, 4.69) is 27.7 Å². The number of aliphatic hydroxyl groups excluding tert-OH is 13. The first-order valence-corrected chi connectivity index (χ1v) is 26.8. The first-order chi connectivity index (χ1) is 34.7. The topological polar surface area (TPSA) is 355 Å². The highest BCUT2D eigenvalue weighted by Gasteiger charge is 2.70. The van der Waals surface area contributed by atoms with Gasteiger partial charge in [0.2, 0.25) is 0 Å². The first-order valence-electron chi connectivity index (χ1n) is 26.8. The van der Waals surface area contributed by atoms with E-state index in [4.69, 9.17) is 47.4 Å². The maximum absolute atomic E-state index is 12.0. The third kappa shape index (κ3) is 9.49. The van der Waals surface area contributed by atoms with E-state index in [1.54, 1.807) is 0 Å². The zero-order chi connectivity index (χ0) is 52.2. The minimum absolute atomic E-state index is 0.130. The molecule has 10 rings (SSSR count). The van der Waals surface area contributed by atoms with Gasteiger partial charge in [0.05, 0.1) is 51.3 Å². The molecular weight excluding hydrogens is 969 g/mol. The summed E-state index contributed by atoms with van der Waals surface area (Å²) in [6, 6.07) is 0. The Kier molecular flexibility index (Phi) is 16.1. The van der Waals surface area contributed by atoms with Crippen molar-refractivity contribution >= 4 is 0 Å². The van der Waals surface area contributed by atoms with Crippen molar-refractivity contribution in [1.82, 2.24) is 0 Å². The van der Waals surface area contributed by atoms with Gasteiger partial charge in [-0.3, -0.25) is 0 Å². The van der Waals surface area contributed by atoms with Crippen molar-refractivity contribution in [3.8, 4) is 0 Å². The molecule has 23 nitrogen and oxygen atoms in total. The van der Waals surface area contributed by atoms with E-state index in [0.29, 0.717) is 48.3 Å². The molecule has 23 heteroatoms. The van der Waals surface area contributed by atoms with E-state index in [1.165, 1.54) is 0 Å². The van der Waals surface area contributed by atoms with E-state index in [9.17, 15) is 66.4 Å². The molecule has 6 saturated heterocycles. The van der Waals surface area contributed by atoms with Crippen molar-refractivity contribution in [2.75, 3.05) is 33.0 Å². The Hall–Kier alpha value is -0.920. The number of aliphatic hydroxyl groups is 13. The van der Waals surface area contributed by atoms with Crippen molar-refractivity contribution in [2.24, 2.45) is 52.3 Å². The van der Waals surface area contributed by atoms with Crippen LogP contribution < -0.4 is 0 Å². The number of fused-ring (bicyclic) bond motifs is 7. The zero-order valence-corrected chi connectivity index (χ0v) is 42.0. The molecule has 6 unspecified atom stereocenters. The minimum atomic E-state index is -2.02. The third-order valence-corrected chi connectivity index (χ3v) is 20.0. The first kappa shape index (κ1) is 55.4. The molecule has 0 radical (unpaired) electrons. The van der Waals surface area contributed by atoms with Crippen LogP contribution in [-0.4, -0.2) is 240 Å². The molecule has 1 spiro atoms. The van der Waals surface area contributed by atoms with E-state index >= 15 is 0 Å². The number of ether oxygens (including phenoxy) is 10. The van der Waals surface area contributed by atoms with Gasteiger partial charge in [0, 0.05) is 12.3 Å². The Balaban J connectivity index is 0.824. The summed E-state index contributed by atoms with van der Waals surface area (Å²) in [5.41, 5.74) is -0.0565. The van der Waals surface area contributed by atoms with Crippen LogP contribution in [0.2, 0.25) is 0 Å². The van der Waals surface area contributed by atoms with Gasteiger partial charge in [-0.05, 0) is 97.7 Å². The Morgan fingerprint density at radius 1 is 0.521 bits per heavy atom. The average Bonchev–Trinajstić information content (AvgIpc) is 3.82. The molecular formula is C50H82O23. The Morgan fingerprint density at radius 2 is 1.15 bits per heavy atom. The van der Waals surface area contributed by atoms with Crippen molar-refractivity contribution in [2.45, 2.75) is 226 Å². The van der Waals surface area contributed by atoms with Gasteiger partial charge in [0.15, 0.2) is 30.9 Å². The van der Waals surface area contributed by atoms with Gasteiger partial charge in [-0.1, -0.05) is 27.7 Å². The van der Waals surface area contributed by atoms with Gasteiger partial charge in [-0.15, -0.1) is 0 Å². The SMILES string of the molecule is CC1C2C(C[C@H]3C4CC[C@H]5C[C@@H](O[C@@H]6O[C@H](CO)[C@H](O[C@@H]7O[C@H](CO)[C@@H](O)[C@H](O[C@@H]8OC[C@@H](O)[C@H](O)[C@H]8O)[C@H]7O[C@@H]7O[C@H](CO)[C@@H](O)[C@H](O)[C@H]7O)[C@H](O)[C@H]6O)[C@H](O)C[C@]5(C)C4CC[C@]23C)OC12CC[C@@H](C)CO2. The standard InChI is InChI=1S/C50H82O23/c1-19-7-10-50(65-17-19)20(2)32-28(73-50)12-24-22-6-5-21-11-27(25(54)13-49(21,4)23(22)8-9-48(24,32)3)66-45-40(63)37(60)41(31(16-53)69-45)70-47-43(72-46-39(62)36(59)34(57)29(14-51)67-46)42(35(58)30(15-52)68-47)71-44-38(61)33(56)26(55)18-64-44/h19-47,51-63H,5-18H2,1-4H3/t19-,20?,21+,22?,23?,24+,25-,26-,27-,28?,29-,30-,31-,32?,33+,34-,35-,36+,37-,38-,39-,40-,41+,42+,43-,44+,45-,46+,47+,48+,49+,50?/m1/s1. The molecule has 0 amide bonds. The highest BCUT2D eigenvalue weighted by molar-refractivity contribution is 5.16. The fraction of sp³-hybridized carbons (Fsp3) is 1.00. The Bertz CT molecular complexity index is 1860. The van der Waals surface area contributed by atoms with Crippen LogP contribution in [0.5, 0.6) is 0 Å². The molecule has 32 atom stereocenters. The molecule has 0 aromatic heterocycles. The summed E-state index contributed by atoms with van der Waals surface area (Å²) >= 11 is 0. The molecule has 10 fully saturated rings. The highest BCUT2D eigenvalue weighted by Crippen LogP contribution is 2.71. The van der Waals surface area contributed by atoms with Gasteiger partial charge in [-0.2, -0.15) is 0 Å². The summed E-state index contributed by atoms with van der Waals surface area (Å²) in [4.78, 5) is 0. The predicted molar refractivity (Wildman–Crippen MR) is 244 cm³/mol. The largest absolute Gasteiger partial charge is 0.394 e. The second-order valence-corrected chi connectivity index (χ2v) is 24.0. The molecule has 420 valence electrons. The van der Waals surface area contributed by atoms with Crippen LogP contribution in [0.4, 0.5) is 0 Å². The third-order valence-electron chi connectivity index (χ3n) is 20.0. The van der Waals surface area contributed by atoms with Crippen LogP contribution in [0.15, 0.2) is 0 Å². The summed E-state index contributed by atoms with van der Waals surface area (Å²) in [5.74, 6) is 2.34. The second kappa shape index (κ2) is 21.3. The molecule has 13 N–H and O–H groups in total. The molecule has 73 heavy (non-hydrogen) atoms. The van der Waals surface area contributed by atoms with Crippen LogP contribution in [-0.2, 0) is 47.4 Å². The van der Waals surface area contributed by atoms with Crippen molar-refractivity contribution in [3.05, 3.63) is 0 Å². The number of hydrogen-bond acceptors (Lipinski definition) is 23. The van der Waals surface area contributed by atoms with E-state index < -0.39 is 161 Å². The van der Waals surface area contributed by atoms with Gasteiger partial charge in [0.1, 0.15) is 91.6 Å². The Labute approximate surface area is 424 Å². The maximum atomic E-state index is 12.0. The molecule has 6 heterocycles. The molecule has 0 aromatic rings. The van der Waals surface area contributed by atoms with Crippen LogP contribution in [0.3, 0.4) is 0 Å². The van der Waals surface area contributed by atoms with Gasteiger partial charge in [-0.25, -0.2) is 0 Å².